The molecule has 34 heavy (non-hydrogen) atoms. The summed E-state index contributed by atoms with van der Waals surface area (Å²) in [7, 11) is 0. The van der Waals surface area contributed by atoms with Crippen LogP contribution in [0.25, 0.3) is 0 Å². The molecule has 0 bridgehead atoms. The standard InChI is InChI=1S/C27H37FO6/c1-6-15(2)27(32)33-14-22(31)26(34-27)16(3)11-20-19-8-7-17-12-18(29)9-10-23(17,4)25(19,28)21(30)13-24(20,26)5/h12,15-16,19-20,32H,6-11,13-14H2,1-5H3/t15?,16-,19-,20-,23-,24-,25-,26-,27?/m0/s1. The zero-order valence-corrected chi connectivity index (χ0v) is 20.9. The largest absolute Gasteiger partial charge is 0.343 e. The predicted molar refractivity (Wildman–Crippen MR) is 121 cm³/mol. The summed E-state index contributed by atoms with van der Waals surface area (Å²) in [5.41, 5.74) is -4.68. The van der Waals surface area contributed by atoms with Crippen molar-refractivity contribution in [2.45, 2.75) is 96.8 Å². The summed E-state index contributed by atoms with van der Waals surface area (Å²) in [6.45, 7) is 9.04. The van der Waals surface area contributed by atoms with Gasteiger partial charge in [0.25, 0.3) is 5.97 Å². The first-order valence-corrected chi connectivity index (χ1v) is 12.9. The van der Waals surface area contributed by atoms with Crippen molar-refractivity contribution in [3.63, 3.8) is 0 Å². The van der Waals surface area contributed by atoms with Crippen LogP contribution in [0.5, 0.6) is 0 Å². The number of fused-ring (bicyclic) bond motifs is 6. The van der Waals surface area contributed by atoms with Crippen LogP contribution in [0, 0.1) is 34.5 Å². The molecule has 5 aliphatic rings. The smallest absolute Gasteiger partial charge is 0.284 e. The maximum atomic E-state index is 17.3. The summed E-state index contributed by atoms with van der Waals surface area (Å²) in [5, 5.41) is 11.3. The van der Waals surface area contributed by atoms with Crippen molar-refractivity contribution in [1.29, 1.82) is 0 Å². The van der Waals surface area contributed by atoms with Gasteiger partial charge in [0.1, 0.15) is 12.2 Å². The molecule has 5 rings (SSSR count). The molecule has 1 aliphatic heterocycles. The first-order valence-electron chi connectivity index (χ1n) is 12.9. The number of ketones is 3. The van der Waals surface area contributed by atoms with Gasteiger partial charge in [-0.2, -0.15) is 0 Å². The van der Waals surface area contributed by atoms with E-state index in [-0.39, 0.29) is 48.8 Å². The van der Waals surface area contributed by atoms with Gasteiger partial charge in [0.2, 0.25) is 0 Å². The minimum atomic E-state index is -2.07. The number of hydrogen-bond acceptors (Lipinski definition) is 6. The number of aliphatic hydroxyl groups is 1. The highest BCUT2D eigenvalue weighted by molar-refractivity contribution is 5.97. The Morgan fingerprint density at radius 1 is 1.18 bits per heavy atom. The fourth-order valence-corrected chi connectivity index (χ4v) is 8.52. The maximum Gasteiger partial charge on any atom is 0.284 e. The molecule has 0 amide bonds. The van der Waals surface area contributed by atoms with Gasteiger partial charge in [-0.1, -0.05) is 40.2 Å². The molecule has 1 heterocycles. The summed E-state index contributed by atoms with van der Waals surface area (Å²) in [6, 6.07) is 0. The van der Waals surface area contributed by atoms with E-state index in [0.717, 1.165) is 5.57 Å². The number of allylic oxidation sites excluding steroid dienone is 1. The van der Waals surface area contributed by atoms with Crippen LogP contribution in [0.1, 0.15) is 79.6 Å². The topological polar surface area (TPSA) is 89.9 Å². The van der Waals surface area contributed by atoms with Crippen molar-refractivity contribution < 1.29 is 33.4 Å². The summed E-state index contributed by atoms with van der Waals surface area (Å²) < 4.78 is 29.1. The second-order valence-electron chi connectivity index (χ2n) is 12.1. The fourth-order valence-electron chi connectivity index (χ4n) is 8.52. The van der Waals surface area contributed by atoms with Crippen molar-refractivity contribution >= 4 is 17.3 Å². The maximum absolute atomic E-state index is 17.3. The third-order valence-electron chi connectivity index (χ3n) is 10.7. The normalized spacial score (nSPS) is 51.6. The lowest BCUT2D eigenvalue weighted by molar-refractivity contribution is -0.437. The molecule has 3 saturated carbocycles. The number of carbonyl (C=O) groups excluding carboxylic acids is 3. The molecule has 0 aromatic heterocycles. The van der Waals surface area contributed by atoms with Crippen molar-refractivity contribution in [3.8, 4) is 0 Å². The van der Waals surface area contributed by atoms with Crippen LogP contribution >= 0.6 is 0 Å². The van der Waals surface area contributed by atoms with Gasteiger partial charge in [-0.05, 0) is 50.0 Å². The molecule has 9 atom stereocenters. The Morgan fingerprint density at radius 2 is 1.88 bits per heavy atom. The van der Waals surface area contributed by atoms with Crippen LogP contribution in [-0.2, 0) is 23.9 Å². The van der Waals surface area contributed by atoms with E-state index in [9.17, 15) is 19.5 Å². The number of ether oxygens (including phenoxy) is 2. The summed E-state index contributed by atoms with van der Waals surface area (Å²) in [4.78, 5) is 39.5. The molecule has 0 aromatic carbocycles. The molecule has 7 heteroatoms. The quantitative estimate of drug-likeness (QED) is 0.646. The van der Waals surface area contributed by atoms with Gasteiger partial charge < -0.3 is 14.6 Å². The van der Waals surface area contributed by atoms with Crippen molar-refractivity contribution in [3.05, 3.63) is 11.6 Å². The Morgan fingerprint density at radius 3 is 2.56 bits per heavy atom. The molecule has 188 valence electrons. The predicted octanol–water partition coefficient (Wildman–Crippen LogP) is 4.08. The van der Waals surface area contributed by atoms with Crippen LogP contribution in [0.4, 0.5) is 4.39 Å². The molecule has 1 saturated heterocycles. The van der Waals surface area contributed by atoms with Gasteiger partial charge in [0.05, 0.1) is 0 Å². The van der Waals surface area contributed by atoms with Crippen LogP contribution in [0.2, 0.25) is 0 Å². The zero-order valence-electron chi connectivity index (χ0n) is 20.9. The molecule has 1 N–H and O–H groups in total. The average molecular weight is 477 g/mol. The van der Waals surface area contributed by atoms with E-state index < -0.39 is 39.8 Å². The Balaban J connectivity index is 1.61. The Labute approximate surface area is 200 Å². The van der Waals surface area contributed by atoms with Crippen molar-refractivity contribution in [2.75, 3.05) is 6.61 Å². The molecule has 1 spiro atoms. The lowest BCUT2D eigenvalue weighted by atomic mass is 9.44. The number of Topliss-reactive ketones (excluding diaryl/α,β-unsaturated/α-hetero) is 2. The van der Waals surface area contributed by atoms with Crippen LogP contribution in [-0.4, -0.2) is 46.3 Å². The van der Waals surface area contributed by atoms with E-state index in [1.807, 2.05) is 34.6 Å². The Bertz CT molecular complexity index is 992. The lowest BCUT2D eigenvalue weighted by Gasteiger charge is -2.62. The van der Waals surface area contributed by atoms with E-state index in [0.29, 0.717) is 32.1 Å². The molecule has 4 fully saturated rings. The van der Waals surface area contributed by atoms with Crippen LogP contribution < -0.4 is 0 Å². The van der Waals surface area contributed by atoms with Gasteiger partial charge in [0, 0.05) is 35.5 Å². The second-order valence-corrected chi connectivity index (χ2v) is 12.1. The summed E-state index contributed by atoms with van der Waals surface area (Å²) >= 11 is 0. The van der Waals surface area contributed by atoms with E-state index >= 15 is 4.39 Å². The highest BCUT2D eigenvalue weighted by Gasteiger charge is 2.78. The van der Waals surface area contributed by atoms with Crippen LogP contribution in [0.3, 0.4) is 0 Å². The minimum absolute atomic E-state index is 0.00148. The van der Waals surface area contributed by atoms with Gasteiger partial charge in [-0.15, -0.1) is 0 Å². The summed E-state index contributed by atoms with van der Waals surface area (Å²) in [5.74, 6) is -4.21. The zero-order chi connectivity index (χ0) is 24.9. The fraction of sp³-hybridized carbons (Fsp3) is 0.815. The van der Waals surface area contributed by atoms with Gasteiger partial charge >= 0.3 is 0 Å². The molecule has 2 unspecified atom stereocenters. The summed E-state index contributed by atoms with van der Waals surface area (Å²) in [6.07, 6.45) is 4.17. The molecule has 0 aromatic rings. The third-order valence-corrected chi connectivity index (χ3v) is 10.7. The van der Waals surface area contributed by atoms with Gasteiger partial charge in [-0.3, -0.25) is 14.4 Å². The number of alkyl halides is 1. The minimum Gasteiger partial charge on any atom is -0.343 e. The van der Waals surface area contributed by atoms with Crippen molar-refractivity contribution in [2.24, 2.45) is 34.5 Å². The second kappa shape index (κ2) is 7.30. The highest BCUT2D eigenvalue weighted by Crippen LogP contribution is 2.71. The highest BCUT2D eigenvalue weighted by atomic mass is 19.1. The molecule has 4 aliphatic carbocycles. The van der Waals surface area contributed by atoms with E-state index in [2.05, 4.69) is 0 Å². The monoisotopic (exact) mass is 476 g/mol. The van der Waals surface area contributed by atoms with E-state index in [4.69, 9.17) is 9.47 Å². The Kier molecular flexibility index (Phi) is 5.21. The molecule has 6 nitrogen and oxygen atoms in total. The number of rotatable bonds is 2. The van der Waals surface area contributed by atoms with Crippen molar-refractivity contribution in [1.82, 2.24) is 0 Å². The first-order chi connectivity index (χ1) is 15.8. The molecular weight excluding hydrogens is 439 g/mol. The van der Waals surface area contributed by atoms with Gasteiger partial charge in [-0.25, -0.2) is 4.39 Å². The van der Waals surface area contributed by atoms with Gasteiger partial charge in [0.15, 0.2) is 23.0 Å². The molecule has 0 radical (unpaired) electrons. The third kappa shape index (κ3) is 2.64. The van der Waals surface area contributed by atoms with Crippen LogP contribution in [0.15, 0.2) is 11.6 Å². The lowest BCUT2D eigenvalue weighted by Crippen LogP contribution is -2.72. The first kappa shape index (κ1) is 24.3. The SMILES string of the molecule is CCC(C)C1(O)OCC(=O)[C@@]2(O1)[C@@H](C)C[C@H]1[C@@H]3CCC4=CC(=O)CC[C@]4(C)[C@@]3(F)C(=O)C[C@@]12C. The Hall–Kier alpha value is -1.44. The van der Waals surface area contributed by atoms with E-state index in [1.54, 1.807) is 6.08 Å². The molecular formula is C27H37FO6. The number of carbonyl (C=O) groups is 3. The average Bonchev–Trinajstić information content (AvgIpc) is 2.99. The number of halogens is 1. The van der Waals surface area contributed by atoms with E-state index in [1.165, 1.54) is 0 Å². The number of hydrogen-bond donors (Lipinski definition) is 1.